The highest BCUT2D eigenvalue weighted by molar-refractivity contribution is 5.85. The first-order chi connectivity index (χ1) is 9.22. The fourth-order valence-electron chi connectivity index (χ4n) is 2.38. The number of halogens is 1. The zero-order valence-electron chi connectivity index (χ0n) is 13.6. The average Bonchev–Trinajstić information content (AvgIpc) is 2.36. The van der Waals surface area contributed by atoms with E-state index in [4.69, 9.17) is 5.73 Å². The van der Waals surface area contributed by atoms with E-state index in [9.17, 15) is 9.59 Å². The summed E-state index contributed by atoms with van der Waals surface area (Å²) >= 11 is 0. The van der Waals surface area contributed by atoms with Crippen LogP contribution in [0.4, 0.5) is 0 Å². The van der Waals surface area contributed by atoms with Crippen LogP contribution in [0.5, 0.6) is 0 Å². The summed E-state index contributed by atoms with van der Waals surface area (Å²) in [6.07, 6.45) is 2.16. The van der Waals surface area contributed by atoms with E-state index in [0.29, 0.717) is 25.4 Å². The normalized spacial score (nSPS) is 20.9. The first-order valence-corrected chi connectivity index (χ1v) is 7.52. The summed E-state index contributed by atoms with van der Waals surface area (Å²) in [5.74, 6) is 0.448. The van der Waals surface area contributed by atoms with Crippen LogP contribution < -0.4 is 11.1 Å². The maximum absolute atomic E-state index is 12.1. The number of amides is 2. The Bertz CT molecular complexity index is 359. The van der Waals surface area contributed by atoms with Gasteiger partial charge in [-0.25, -0.2) is 0 Å². The molecule has 0 saturated carbocycles. The van der Waals surface area contributed by atoms with Gasteiger partial charge in [0.05, 0.1) is 6.54 Å². The molecule has 1 fully saturated rings. The van der Waals surface area contributed by atoms with Crippen LogP contribution in [0, 0.1) is 11.3 Å². The predicted molar refractivity (Wildman–Crippen MR) is 87.3 cm³/mol. The number of carbonyl (C=O) groups is 2. The minimum absolute atomic E-state index is 0. The lowest BCUT2D eigenvalue weighted by Crippen LogP contribution is -2.55. The van der Waals surface area contributed by atoms with Crippen molar-refractivity contribution in [2.45, 2.75) is 53.0 Å². The largest absolute Gasteiger partial charge is 0.347 e. The van der Waals surface area contributed by atoms with Gasteiger partial charge in [0.1, 0.15) is 0 Å². The third kappa shape index (κ3) is 6.66. The van der Waals surface area contributed by atoms with E-state index in [-0.39, 0.29) is 42.2 Å². The lowest BCUT2D eigenvalue weighted by molar-refractivity contribution is -0.135. The monoisotopic (exact) mass is 319 g/mol. The zero-order chi connectivity index (χ0) is 15.3. The number of piperidine rings is 1. The van der Waals surface area contributed by atoms with Crippen molar-refractivity contribution in [2.24, 2.45) is 17.1 Å². The lowest BCUT2D eigenvalue weighted by atomic mass is 9.79. The van der Waals surface area contributed by atoms with Crippen molar-refractivity contribution in [1.29, 1.82) is 0 Å². The number of rotatable bonds is 5. The second-order valence-electron chi connectivity index (χ2n) is 6.91. The molecule has 1 heterocycles. The molecule has 0 aromatic rings. The van der Waals surface area contributed by atoms with E-state index in [1.807, 2.05) is 4.90 Å². The van der Waals surface area contributed by atoms with Crippen LogP contribution in [0.25, 0.3) is 0 Å². The van der Waals surface area contributed by atoms with Crippen LogP contribution in [0.1, 0.15) is 47.0 Å². The topological polar surface area (TPSA) is 75.4 Å². The Morgan fingerprint density at radius 3 is 2.52 bits per heavy atom. The number of hydrogen-bond donors (Lipinski definition) is 2. The van der Waals surface area contributed by atoms with Gasteiger partial charge >= 0.3 is 0 Å². The van der Waals surface area contributed by atoms with Crippen LogP contribution in [-0.2, 0) is 9.59 Å². The Hall–Kier alpha value is -0.810. The van der Waals surface area contributed by atoms with Crippen molar-refractivity contribution < 1.29 is 9.59 Å². The van der Waals surface area contributed by atoms with Gasteiger partial charge in [-0.05, 0) is 24.2 Å². The predicted octanol–water partition coefficient (Wildman–Crippen LogP) is 1.55. The number of nitrogens with zero attached hydrogens (tertiary/aromatic N) is 1. The highest BCUT2D eigenvalue weighted by Crippen LogP contribution is 2.27. The molecule has 0 bridgehead atoms. The molecule has 5 nitrogen and oxygen atoms in total. The SMILES string of the molecule is CC(C)CCC(=O)NCC(=O)N1CCC(N)C(C)(C)C1.Cl. The number of likely N-dealkylation sites (tertiary alicyclic amines) is 1. The minimum Gasteiger partial charge on any atom is -0.347 e. The molecule has 0 aliphatic carbocycles. The fraction of sp³-hybridized carbons (Fsp3) is 0.867. The van der Waals surface area contributed by atoms with E-state index in [1.165, 1.54) is 0 Å². The third-order valence-corrected chi connectivity index (χ3v) is 4.05. The van der Waals surface area contributed by atoms with Gasteiger partial charge < -0.3 is 16.0 Å². The van der Waals surface area contributed by atoms with Gasteiger partial charge in [-0.15, -0.1) is 12.4 Å². The van der Waals surface area contributed by atoms with Crippen LogP contribution >= 0.6 is 12.4 Å². The molecule has 0 radical (unpaired) electrons. The fourth-order valence-corrected chi connectivity index (χ4v) is 2.38. The Morgan fingerprint density at radius 2 is 2.00 bits per heavy atom. The average molecular weight is 320 g/mol. The van der Waals surface area contributed by atoms with Crippen molar-refractivity contribution in [2.75, 3.05) is 19.6 Å². The van der Waals surface area contributed by atoms with E-state index in [1.54, 1.807) is 0 Å². The quantitative estimate of drug-likeness (QED) is 0.807. The molecule has 1 saturated heterocycles. The van der Waals surface area contributed by atoms with Gasteiger partial charge in [-0.1, -0.05) is 27.7 Å². The molecule has 1 rings (SSSR count). The first kappa shape index (κ1) is 20.2. The van der Waals surface area contributed by atoms with Gasteiger partial charge in [0.2, 0.25) is 11.8 Å². The van der Waals surface area contributed by atoms with Crippen molar-refractivity contribution in [3.8, 4) is 0 Å². The molecule has 1 aliphatic heterocycles. The summed E-state index contributed by atoms with van der Waals surface area (Å²) in [6, 6.07) is 0.132. The molecule has 21 heavy (non-hydrogen) atoms. The Kier molecular flexibility index (Phi) is 8.26. The molecule has 0 aromatic heterocycles. The standard InChI is InChI=1S/C15H29N3O2.ClH/c1-11(2)5-6-13(19)17-9-14(20)18-8-7-12(16)15(3,4)10-18;/h11-12H,5-10,16H2,1-4H3,(H,17,19);1H. The van der Waals surface area contributed by atoms with Crippen LogP contribution in [0.2, 0.25) is 0 Å². The Balaban J connectivity index is 0.00000400. The van der Waals surface area contributed by atoms with Crippen molar-refractivity contribution in [3.63, 3.8) is 0 Å². The number of carbonyl (C=O) groups excluding carboxylic acids is 2. The number of nitrogens with two attached hydrogens (primary N) is 1. The van der Waals surface area contributed by atoms with Crippen molar-refractivity contribution >= 4 is 24.2 Å². The van der Waals surface area contributed by atoms with Crippen LogP contribution in [0.15, 0.2) is 0 Å². The number of hydrogen-bond acceptors (Lipinski definition) is 3. The number of nitrogens with one attached hydrogen (secondary N) is 1. The van der Waals surface area contributed by atoms with Gasteiger partial charge in [0, 0.05) is 25.6 Å². The van der Waals surface area contributed by atoms with E-state index in [0.717, 1.165) is 12.8 Å². The summed E-state index contributed by atoms with van der Waals surface area (Å²) in [5, 5.41) is 2.71. The first-order valence-electron chi connectivity index (χ1n) is 7.52. The summed E-state index contributed by atoms with van der Waals surface area (Å²) in [5.41, 5.74) is 6.00. The maximum atomic E-state index is 12.1. The smallest absolute Gasteiger partial charge is 0.241 e. The highest BCUT2D eigenvalue weighted by Gasteiger charge is 2.35. The molecular weight excluding hydrogens is 290 g/mol. The third-order valence-electron chi connectivity index (χ3n) is 4.05. The minimum atomic E-state index is -0.0600. The molecular formula is C15H30ClN3O2. The Labute approximate surface area is 134 Å². The van der Waals surface area contributed by atoms with Gasteiger partial charge in [0.25, 0.3) is 0 Å². The van der Waals surface area contributed by atoms with E-state index >= 15 is 0 Å². The molecule has 3 N–H and O–H groups in total. The van der Waals surface area contributed by atoms with Crippen LogP contribution in [-0.4, -0.2) is 42.4 Å². The Morgan fingerprint density at radius 1 is 1.38 bits per heavy atom. The highest BCUT2D eigenvalue weighted by atomic mass is 35.5. The molecule has 1 aliphatic rings. The second kappa shape index (κ2) is 8.59. The molecule has 0 aromatic carbocycles. The molecule has 6 heteroatoms. The molecule has 124 valence electrons. The summed E-state index contributed by atoms with van der Waals surface area (Å²) in [4.78, 5) is 25.5. The summed E-state index contributed by atoms with van der Waals surface area (Å²) in [7, 11) is 0. The molecule has 1 atom stereocenters. The lowest BCUT2D eigenvalue weighted by Gasteiger charge is -2.42. The van der Waals surface area contributed by atoms with Crippen molar-refractivity contribution in [1.82, 2.24) is 10.2 Å². The van der Waals surface area contributed by atoms with Gasteiger partial charge in [-0.2, -0.15) is 0 Å². The molecule has 2 amide bonds. The van der Waals surface area contributed by atoms with E-state index in [2.05, 4.69) is 33.0 Å². The molecule has 1 unspecified atom stereocenters. The van der Waals surface area contributed by atoms with Crippen LogP contribution in [0.3, 0.4) is 0 Å². The summed E-state index contributed by atoms with van der Waals surface area (Å²) in [6.45, 7) is 9.77. The summed E-state index contributed by atoms with van der Waals surface area (Å²) < 4.78 is 0. The van der Waals surface area contributed by atoms with Crippen molar-refractivity contribution in [3.05, 3.63) is 0 Å². The van der Waals surface area contributed by atoms with Gasteiger partial charge in [-0.3, -0.25) is 9.59 Å². The molecule has 0 spiro atoms. The zero-order valence-corrected chi connectivity index (χ0v) is 14.5. The van der Waals surface area contributed by atoms with E-state index < -0.39 is 0 Å². The maximum Gasteiger partial charge on any atom is 0.241 e. The second-order valence-corrected chi connectivity index (χ2v) is 6.91. The van der Waals surface area contributed by atoms with Gasteiger partial charge in [0.15, 0.2) is 0 Å².